The number of hydrogen-bond donors (Lipinski definition) is 1. The Labute approximate surface area is 99.2 Å². The van der Waals surface area contributed by atoms with E-state index >= 15 is 0 Å². The maximum atomic E-state index is 11.4. The molecular weight excluding hydrogens is 214 g/mol. The van der Waals surface area contributed by atoms with Crippen LogP contribution in [0.1, 0.15) is 16.8 Å². The minimum absolute atomic E-state index is 0.419. The molecule has 1 aromatic carbocycles. The Bertz CT molecular complexity index is 597. The lowest BCUT2D eigenvalue weighted by molar-refractivity contribution is 0.172. The largest absolute Gasteiger partial charge is 0.425 e. The number of benzene rings is 1. The second kappa shape index (κ2) is 4.70. The molecule has 17 heavy (non-hydrogen) atoms. The van der Waals surface area contributed by atoms with Crippen molar-refractivity contribution in [2.24, 2.45) is 0 Å². The van der Waals surface area contributed by atoms with Crippen LogP contribution >= 0.6 is 0 Å². The molecule has 0 bridgehead atoms. The van der Waals surface area contributed by atoms with E-state index in [9.17, 15) is 10.0 Å². The topological polar surface area (TPSA) is 42.2 Å². The van der Waals surface area contributed by atoms with Crippen molar-refractivity contribution >= 4 is 12.2 Å². The summed E-state index contributed by atoms with van der Waals surface area (Å²) in [4.78, 5) is 11.4. The Morgan fingerprint density at radius 2 is 1.82 bits per heavy atom. The first-order chi connectivity index (χ1) is 8.16. The van der Waals surface area contributed by atoms with Gasteiger partial charge in [0.1, 0.15) is 0 Å². The zero-order valence-corrected chi connectivity index (χ0v) is 9.50. The lowest BCUT2D eigenvalue weighted by Gasteiger charge is -2.02. The van der Waals surface area contributed by atoms with Crippen LogP contribution in [0.25, 0.3) is 12.2 Å². The fourth-order valence-corrected chi connectivity index (χ4v) is 1.58. The molecule has 0 spiro atoms. The number of hydrogen-bond acceptors (Lipinski definition) is 2. The lowest BCUT2D eigenvalue weighted by atomic mass is 10.2. The maximum Gasteiger partial charge on any atom is 0.283 e. The van der Waals surface area contributed by atoms with E-state index < -0.39 is 5.56 Å². The first-order valence-corrected chi connectivity index (χ1v) is 5.33. The van der Waals surface area contributed by atoms with Crippen molar-refractivity contribution in [1.29, 1.82) is 0 Å². The van der Waals surface area contributed by atoms with Crippen molar-refractivity contribution in [3.05, 3.63) is 69.6 Å². The molecule has 0 atom stereocenters. The van der Waals surface area contributed by atoms with Gasteiger partial charge in [-0.3, -0.25) is 4.79 Å². The zero-order chi connectivity index (χ0) is 12.3. The van der Waals surface area contributed by atoms with Crippen LogP contribution in [0.15, 0.2) is 47.3 Å². The first-order valence-electron chi connectivity index (χ1n) is 5.33. The van der Waals surface area contributed by atoms with Gasteiger partial charge in [-0.25, -0.2) is 0 Å². The van der Waals surface area contributed by atoms with Crippen molar-refractivity contribution in [3.63, 3.8) is 0 Å². The van der Waals surface area contributed by atoms with Gasteiger partial charge < -0.3 is 5.21 Å². The highest BCUT2D eigenvalue weighted by Crippen LogP contribution is 2.07. The standard InChI is InChI=1S/C14H13NO2/c1-11-9-13(15(17)14(16)10-11)8-7-12-5-3-2-4-6-12/h2-10,17H,1H3. The second-order valence-corrected chi connectivity index (χ2v) is 3.85. The third kappa shape index (κ3) is 2.64. The average Bonchev–Trinajstić information content (AvgIpc) is 2.33. The van der Waals surface area contributed by atoms with Crippen LogP contribution in [0.5, 0.6) is 0 Å². The minimum Gasteiger partial charge on any atom is -0.425 e. The van der Waals surface area contributed by atoms with Gasteiger partial charge in [0, 0.05) is 6.07 Å². The maximum absolute atomic E-state index is 11.4. The molecule has 0 saturated carbocycles. The molecule has 0 aliphatic carbocycles. The van der Waals surface area contributed by atoms with Crippen LogP contribution in [0.4, 0.5) is 0 Å². The summed E-state index contributed by atoms with van der Waals surface area (Å²) in [6.07, 6.45) is 3.56. The third-order valence-corrected chi connectivity index (χ3v) is 2.43. The molecule has 0 saturated heterocycles. The van der Waals surface area contributed by atoms with Gasteiger partial charge in [-0.15, -0.1) is 4.73 Å². The smallest absolute Gasteiger partial charge is 0.283 e. The highest BCUT2D eigenvalue weighted by atomic mass is 16.5. The molecule has 2 rings (SSSR count). The van der Waals surface area contributed by atoms with Crippen LogP contribution in [0.2, 0.25) is 0 Å². The van der Waals surface area contributed by atoms with E-state index in [1.165, 1.54) is 6.07 Å². The minimum atomic E-state index is -0.419. The van der Waals surface area contributed by atoms with Crippen LogP contribution in [-0.2, 0) is 0 Å². The number of aromatic nitrogens is 1. The summed E-state index contributed by atoms with van der Waals surface area (Å²) in [6, 6.07) is 12.8. The van der Waals surface area contributed by atoms with Gasteiger partial charge in [0.25, 0.3) is 5.56 Å². The quantitative estimate of drug-likeness (QED) is 0.801. The molecular formula is C14H13NO2. The van der Waals surface area contributed by atoms with Gasteiger partial charge in [-0.1, -0.05) is 36.4 Å². The molecule has 1 aromatic heterocycles. The molecule has 3 heteroatoms. The van der Waals surface area contributed by atoms with Crippen molar-refractivity contribution in [2.75, 3.05) is 0 Å². The summed E-state index contributed by atoms with van der Waals surface area (Å²) in [5.74, 6) is 0. The Kier molecular flexibility index (Phi) is 3.10. The Balaban J connectivity index is 2.37. The van der Waals surface area contributed by atoms with E-state index in [2.05, 4.69) is 0 Å². The zero-order valence-electron chi connectivity index (χ0n) is 9.50. The molecule has 2 aromatic rings. The Hall–Kier alpha value is -2.29. The van der Waals surface area contributed by atoms with Crippen molar-refractivity contribution < 1.29 is 5.21 Å². The van der Waals surface area contributed by atoms with E-state index in [4.69, 9.17) is 0 Å². The van der Waals surface area contributed by atoms with E-state index in [1.807, 2.05) is 43.3 Å². The Morgan fingerprint density at radius 1 is 1.12 bits per heavy atom. The summed E-state index contributed by atoms with van der Waals surface area (Å²) in [5, 5.41) is 9.55. The average molecular weight is 227 g/mol. The van der Waals surface area contributed by atoms with Crippen molar-refractivity contribution in [1.82, 2.24) is 4.73 Å². The second-order valence-electron chi connectivity index (χ2n) is 3.85. The van der Waals surface area contributed by atoms with Crippen molar-refractivity contribution in [3.8, 4) is 0 Å². The predicted molar refractivity (Wildman–Crippen MR) is 68.0 cm³/mol. The molecule has 1 heterocycles. The van der Waals surface area contributed by atoms with Crippen LogP contribution in [-0.4, -0.2) is 9.94 Å². The highest BCUT2D eigenvalue weighted by molar-refractivity contribution is 5.68. The summed E-state index contributed by atoms with van der Waals surface area (Å²) < 4.78 is 0.645. The number of nitrogens with zero attached hydrogens (tertiary/aromatic N) is 1. The summed E-state index contributed by atoms with van der Waals surface area (Å²) >= 11 is 0. The van der Waals surface area contributed by atoms with Gasteiger partial charge in [0.2, 0.25) is 0 Å². The van der Waals surface area contributed by atoms with E-state index in [0.717, 1.165) is 11.1 Å². The number of pyridine rings is 1. The summed E-state index contributed by atoms with van der Waals surface area (Å²) in [7, 11) is 0. The summed E-state index contributed by atoms with van der Waals surface area (Å²) in [5.41, 5.74) is 1.89. The van der Waals surface area contributed by atoms with Gasteiger partial charge in [-0.05, 0) is 30.2 Å². The monoisotopic (exact) mass is 227 g/mol. The first kappa shape index (κ1) is 11.2. The molecule has 0 fully saturated rings. The molecule has 0 radical (unpaired) electrons. The number of rotatable bonds is 2. The molecule has 0 aliphatic rings. The fraction of sp³-hybridized carbons (Fsp3) is 0.0714. The van der Waals surface area contributed by atoms with Crippen LogP contribution < -0.4 is 5.56 Å². The van der Waals surface area contributed by atoms with E-state index in [1.54, 1.807) is 12.1 Å². The SMILES string of the molecule is Cc1cc(C=Cc2ccccc2)n(O)c(=O)c1. The predicted octanol–water partition coefficient (Wildman–Crippen LogP) is 2.56. The van der Waals surface area contributed by atoms with Crippen LogP contribution in [0, 0.1) is 6.92 Å². The lowest BCUT2D eigenvalue weighted by Crippen LogP contribution is -2.18. The number of aryl methyl sites for hydroxylation is 1. The molecule has 0 unspecified atom stereocenters. The van der Waals surface area contributed by atoms with Gasteiger partial charge in [-0.2, -0.15) is 0 Å². The Morgan fingerprint density at radius 3 is 2.53 bits per heavy atom. The fourth-order valence-electron chi connectivity index (χ4n) is 1.58. The van der Waals surface area contributed by atoms with E-state index in [0.29, 0.717) is 10.4 Å². The molecule has 0 amide bonds. The summed E-state index contributed by atoms with van der Waals surface area (Å²) in [6.45, 7) is 1.82. The normalized spacial score (nSPS) is 10.9. The van der Waals surface area contributed by atoms with Gasteiger partial charge in [0.05, 0.1) is 5.69 Å². The van der Waals surface area contributed by atoms with E-state index in [-0.39, 0.29) is 0 Å². The third-order valence-electron chi connectivity index (χ3n) is 2.43. The van der Waals surface area contributed by atoms with Crippen molar-refractivity contribution in [2.45, 2.75) is 6.92 Å². The van der Waals surface area contributed by atoms with Gasteiger partial charge >= 0.3 is 0 Å². The molecule has 0 aliphatic heterocycles. The highest BCUT2D eigenvalue weighted by Gasteiger charge is 1.99. The molecule has 3 nitrogen and oxygen atoms in total. The molecule has 86 valence electrons. The van der Waals surface area contributed by atoms with Crippen LogP contribution in [0.3, 0.4) is 0 Å². The van der Waals surface area contributed by atoms with Gasteiger partial charge in [0.15, 0.2) is 0 Å². The molecule has 1 N–H and O–H groups in total.